The molecule has 2 rings (SSSR count). The van der Waals surface area contributed by atoms with Gasteiger partial charge in [-0.25, -0.2) is 14.6 Å². The van der Waals surface area contributed by atoms with Crippen LogP contribution in [0.3, 0.4) is 0 Å². The first-order valence-corrected chi connectivity index (χ1v) is 10.5. The van der Waals surface area contributed by atoms with Crippen molar-refractivity contribution < 1.29 is 29.0 Å². The van der Waals surface area contributed by atoms with Gasteiger partial charge in [-0.1, -0.05) is 12.7 Å². The van der Waals surface area contributed by atoms with Crippen LogP contribution >= 0.6 is 11.3 Å². The number of thiazole rings is 1. The van der Waals surface area contributed by atoms with Crippen LogP contribution in [-0.2, 0) is 14.3 Å². The van der Waals surface area contributed by atoms with Gasteiger partial charge in [0.05, 0.1) is 0 Å². The number of aliphatic carboxylic acids is 1. The van der Waals surface area contributed by atoms with Gasteiger partial charge in [0.1, 0.15) is 27.7 Å². The van der Waals surface area contributed by atoms with E-state index in [1.807, 2.05) is 0 Å². The Hall–Kier alpha value is -3.99. The number of anilines is 1. The lowest BCUT2D eigenvalue weighted by atomic mass is 10.2. The van der Waals surface area contributed by atoms with Gasteiger partial charge in [0.25, 0.3) is 11.8 Å². The maximum atomic E-state index is 12.5. The number of carbonyl (C=O) groups excluding carboxylic acids is 3. The fraction of sp³-hybridized carbons (Fsp3) is 0.227. The molecule has 1 heterocycles. The lowest BCUT2D eigenvalue weighted by molar-refractivity contribution is -0.134. The Morgan fingerprint density at radius 3 is 2.30 bits per heavy atom. The van der Waals surface area contributed by atoms with E-state index < -0.39 is 35.2 Å². The molecule has 0 atom stereocenters. The van der Waals surface area contributed by atoms with Crippen LogP contribution in [0.1, 0.15) is 38.2 Å². The molecule has 0 spiro atoms. The van der Waals surface area contributed by atoms with Crippen molar-refractivity contribution in [3.8, 4) is 10.6 Å². The van der Waals surface area contributed by atoms with Crippen LogP contribution in [0.25, 0.3) is 10.6 Å². The van der Waals surface area contributed by atoms with Gasteiger partial charge in [-0.05, 0) is 52.0 Å². The summed E-state index contributed by atoms with van der Waals surface area (Å²) < 4.78 is 5.21. The first-order valence-electron chi connectivity index (χ1n) is 9.67. The number of hydrogen-bond acceptors (Lipinski definition) is 7. The molecule has 0 radical (unpaired) electrons. The number of allylic oxidation sites excluding steroid dienone is 1. The molecule has 0 aliphatic rings. The molecule has 0 saturated carbocycles. The highest BCUT2D eigenvalue weighted by Crippen LogP contribution is 2.25. The number of amides is 3. The van der Waals surface area contributed by atoms with Crippen molar-refractivity contribution in [1.82, 2.24) is 15.6 Å². The second kappa shape index (κ2) is 10.6. The lowest BCUT2D eigenvalue weighted by Crippen LogP contribution is -2.35. The number of nitrogens with zero attached hydrogens (tertiary/aromatic N) is 1. The Kier molecular flexibility index (Phi) is 8.08. The monoisotopic (exact) mass is 472 g/mol. The van der Waals surface area contributed by atoms with Gasteiger partial charge in [0, 0.05) is 16.6 Å². The molecule has 0 aliphatic carbocycles. The van der Waals surface area contributed by atoms with E-state index in [9.17, 15) is 19.2 Å². The van der Waals surface area contributed by atoms with Crippen LogP contribution in [0.2, 0.25) is 0 Å². The molecular formula is C22H24N4O6S. The SMILES string of the molecule is C=C(NC(=O)C(=CC)NC(=O)c1csc(-c2ccc(NC(=O)OC(C)(C)C)cc2)n1)C(=O)O. The molecule has 1 aromatic carbocycles. The number of aromatic nitrogens is 1. The second-order valence-corrected chi connectivity index (χ2v) is 8.49. The molecule has 3 amide bonds. The number of ether oxygens (including phenoxy) is 1. The fourth-order valence-electron chi connectivity index (χ4n) is 2.33. The Bertz CT molecular complexity index is 1110. The molecule has 0 bridgehead atoms. The third-order valence-electron chi connectivity index (χ3n) is 3.82. The van der Waals surface area contributed by atoms with E-state index in [0.29, 0.717) is 10.7 Å². The van der Waals surface area contributed by atoms with E-state index >= 15 is 0 Å². The predicted molar refractivity (Wildman–Crippen MR) is 124 cm³/mol. The Morgan fingerprint density at radius 2 is 1.76 bits per heavy atom. The maximum absolute atomic E-state index is 12.5. The summed E-state index contributed by atoms with van der Waals surface area (Å²) in [7, 11) is 0. The summed E-state index contributed by atoms with van der Waals surface area (Å²) in [5.74, 6) is -2.84. The fourth-order valence-corrected chi connectivity index (χ4v) is 3.14. The molecular weight excluding hydrogens is 448 g/mol. The summed E-state index contributed by atoms with van der Waals surface area (Å²) in [5.41, 5.74) is 0.0585. The van der Waals surface area contributed by atoms with E-state index in [4.69, 9.17) is 9.84 Å². The van der Waals surface area contributed by atoms with Crippen LogP contribution in [0.4, 0.5) is 10.5 Å². The first kappa shape index (κ1) is 25.3. The van der Waals surface area contributed by atoms with Crippen molar-refractivity contribution in [3.63, 3.8) is 0 Å². The van der Waals surface area contributed by atoms with Crippen LogP contribution in [0, 0.1) is 0 Å². The van der Waals surface area contributed by atoms with E-state index in [1.54, 1.807) is 45.0 Å². The molecule has 0 saturated heterocycles. The Balaban J connectivity index is 2.04. The Labute approximate surface area is 194 Å². The van der Waals surface area contributed by atoms with Crippen molar-refractivity contribution in [1.29, 1.82) is 0 Å². The topological polar surface area (TPSA) is 147 Å². The van der Waals surface area contributed by atoms with Crippen LogP contribution < -0.4 is 16.0 Å². The summed E-state index contributed by atoms with van der Waals surface area (Å²) in [6.07, 6.45) is 0.755. The van der Waals surface area contributed by atoms with Crippen molar-refractivity contribution in [2.75, 3.05) is 5.32 Å². The zero-order valence-corrected chi connectivity index (χ0v) is 19.3. The highest BCUT2D eigenvalue weighted by Gasteiger charge is 2.19. The molecule has 0 aliphatic heterocycles. The third-order valence-corrected chi connectivity index (χ3v) is 4.71. The number of carboxylic acid groups (broad SMARTS) is 1. The molecule has 0 unspecified atom stereocenters. The smallest absolute Gasteiger partial charge is 0.412 e. The maximum Gasteiger partial charge on any atom is 0.412 e. The number of benzene rings is 1. The number of carbonyl (C=O) groups is 4. The molecule has 0 fully saturated rings. The molecule has 10 nitrogen and oxygen atoms in total. The van der Waals surface area contributed by atoms with Gasteiger partial charge in [0.15, 0.2) is 0 Å². The van der Waals surface area contributed by atoms with Crippen molar-refractivity contribution in [2.45, 2.75) is 33.3 Å². The largest absolute Gasteiger partial charge is 0.477 e. The minimum atomic E-state index is -1.39. The van der Waals surface area contributed by atoms with E-state index in [2.05, 4.69) is 27.5 Å². The summed E-state index contributed by atoms with van der Waals surface area (Å²) in [6.45, 7) is 10.0. The molecule has 11 heteroatoms. The average molecular weight is 473 g/mol. The summed E-state index contributed by atoms with van der Waals surface area (Å²) >= 11 is 1.22. The average Bonchev–Trinajstić information content (AvgIpc) is 3.21. The van der Waals surface area contributed by atoms with Crippen LogP contribution in [0.15, 0.2) is 53.7 Å². The molecule has 2 aromatic rings. The minimum absolute atomic E-state index is 0.0789. The van der Waals surface area contributed by atoms with Crippen molar-refractivity contribution >= 4 is 40.9 Å². The lowest BCUT2D eigenvalue weighted by Gasteiger charge is -2.19. The standard InChI is InChI=1S/C22H24N4O6S/c1-6-15(17(27)23-12(2)20(29)30)25-18(28)16-11-33-19(26-16)13-7-9-14(10-8-13)24-21(31)32-22(3,4)5/h6-11H,2H2,1,3-5H3,(H,23,27)(H,24,31)(H,25,28)(H,29,30). The quantitative estimate of drug-likeness (QED) is 0.451. The second-order valence-electron chi connectivity index (χ2n) is 7.64. The van der Waals surface area contributed by atoms with Gasteiger partial charge >= 0.3 is 12.1 Å². The van der Waals surface area contributed by atoms with Crippen LogP contribution in [0.5, 0.6) is 0 Å². The minimum Gasteiger partial charge on any atom is -0.477 e. The van der Waals surface area contributed by atoms with Gasteiger partial charge < -0.3 is 20.5 Å². The zero-order valence-electron chi connectivity index (χ0n) is 18.5. The van der Waals surface area contributed by atoms with Gasteiger partial charge in [-0.3, -0.25) is 14.9 Å². The Morgan fingerprint density at radius 1 is 1.12 bits per heavy atom. The first-order chi connectivity index (χ1) is 15.4. The van der Waals surface area contributed by atoms with Crippen molar-refractivity contribution in [3.05, 3.63) is 59.4 Å². The number of rotatable bonds is 7. The highest BCUT2D eigenvalue weighted by atomic mass is 32.1. The molecule has 4 N–H and O–H groups in total. The summed E-state index contributed by atoms with van der Waals surface area (Å²) in [6, 6.07) is 6.82. The zero-order chi connectivity index (χ0) is 24.8. The van der Waals surface area contributed by atoms with Gasteiger partial charge in [0.2, 0.25) is 0 Å². The highest BCUT2D eigenvalue weighted by molar-refractivity contribution is 7.13. The third kappa shape index (κ3) is 7.58. The van der Waals surface area contributed by atoms with E-state index in [1.165, 1.54) is 29.7 Å². The van der Waals surface area contributed by atoms with Gasteiger partial charge in [-0.2, -0.15) is 0 Å². The molecule has 174 valence electrons. The molecule has 33 heavy (non-hydrogen) atoms. The van der Waals surface area contributed by atoms with Gasteiger partial charge in [-0.15, -0.1) is 11.3 Å². The van der Waals surface area contributed by atoms with E-state index in [-0.39, 0.29) is 11.4 Å². The predicted octanol–water partition coefficient (Wildman–Crippen LogP) is 3.51. The van der Waals surface area contributed by atoms with Crippen LogP contribution in [-0.4, -0.2) is 39.6 Å². The van der Waals surface area contributed by atoms with Crippen molar-refractivity contribution in [2.24, 2.45) is 0 Å². The molecule has 1 aromatic heterocycles. The summed E-state index contributed by atoms with van der Waals surface area (Å²) in [5, 5.41) is 18.0. The number of nitrogens with one attached hydrogen (secondary N) is 3. The number of hydrogen-bond donors (Lipinski definition) is 4. The summed E-state index contributed by atoms with van der Waals surface area (Å²) in [4.78, 5) is 51.5. The normalized spacial score (nSPS) is 11.3. The number of carboxylic acids is 1. The van der Waals surface area contributed by atoms with E-state index in [0.717, 1.165) is 5.56 Å².